The van der Waals surface area contributed by atoms with E-state index in [1.54, 1.807) is 6.08 Å². The highest BCUT2D eigenvalue weighted by Gasteiger charge is 2.43. The molecule has 168 valence electrons. The minimum atomic E-state index is -1.08. The number of nitrogens with zero attached hydrogens (tertiary/aromatic N) is 1. The van der Waals surface area contributed by atoms with Crippen molar-refractivity contribution < 1.29 is 19.4 Å². The Hall–Kier alpha value is -3.42. The van der Waals surface area contributed by atoms with Crippen LogP contribution in [-0.2, 0) is 9.53 Å². The summed E-state index contributed by atoms with van der Waals surface area (Å²) in [5, 5.41) is 8.86. The van der Waals surface area contributed by atoms with Crippen LogP contribution < -0.4 is 15.6 Å². The fraction of sp³-hybridized carbons (Fsp3) is 0.280. The molecule has 2 aromatic rings. The van der Waals surface area contributed by atoms with Gasteiger partial charge in [-0.3, -0.25) is 10.2 Å². The summed E-state index contributed by atoms with van der Waals surface area (Å²) in [6.45, 7) is 4.75. The lowest BCUT2D eigenvalue weighted by molar-refractivity contribution is -0.127. The van der Waals surface area contributed by atoms with Crippen LogP contribution in [0.2, 0.25) is 0 Å². The first kappa shape index (κ1) is 23.2. The van der Waals surface area contributed by atoms with E-state index in [1.807, 2.05) is 66.7 Å². The van der Waals surface area contributed by atoms with Crippen molar-refractivity contribution in [3.8, 4) is 5.75 Å². The molecule has 0 unspecified atom stereocenters. The second-order valence-corrected chi connectivity index (χ2v) is 7.33. The number of aliphatic hydroxyl groups excluding tert-OH is 1. The highest BCUT2D eigenvalue weighted by molar-refractivity contribution is 6.00. The van der Waals surface area contributed by atoms with Gasteiger partial charge < -0.3 is 14.6 Å². The van der Waals surface area contributed by atoms with Gasteiger partial charge in [0.05, 0.1) is 6.61 Å². The Morgan fingerprint density at radius 3 is 2.72 bits per heavy atom. The number of carbonyl (C=O) groups is 1. The van der Waals surface area contributed by atoms with E-state index in [-0.39, 0.29) is 19.1 Å². The van der Waals surface area contributed by atoms with Crippen LogP contribution in [0.3, 0.4) is 0 Å². The van der Waals surface area contributed by atoms with Gasteiger partial charge in [0.25, 0.3) is 5.91 Å². The topological polar surface area (TPSA) is 92.2 Å². The number of hydrogen-bond acceptors (Lipinski definition) is 6. The summed E-state index contributed by atoms with van der Waals surface area (Å²) in [7, 11) is 0. The quantitative estimate of drug-likeness (QED) is 0.271. The molecule has 0 saturated heterocycles. The average Bonchev–Trinajstić information content (AvgIpc) is 3.26. The van der Waals surface area contributed by atoms with E-state index in [1.165, 1.54) is 0 Å². The summed E-state index contributed by atoms with van der Waals surface area (Å²) in [4.78, 5) is 17.7. The molecule has 0 saturated carbocycles. The minimum Gasteiger partial charge on any atom is -0.494 e. The molecule has 2 aromatic carbocycles. The number of aliphatic imine (C=N–C) groups is 1. The van der Waals surface area contributed by atoms with Crippen LogP contribution in [0.5, 0.6) is 5.75 Å². The third-order valence-corrected chi connectivity index (χ3v) is 4.87. The third-order valence-electron chi connectivity index (χ3n) is 4.87. The zero-order chi connectivity index (χ0) is 22.7. The first-order chi connectivity index (χ1) is 15.7. The first-order valence-corrected chi connectivity index (χ1v) is 10.6. The van der Waals surface area contributed by atoms with Gasteiger partial charge in [-0.05, 0) is 29.8 Å². The molecule has 32 heavy (non-hydrogen) atoms. The van der Waals surface area contributed by atoms with Gasteiger partial charge in [-0.15, -0.1) is 6.58 Å². The van der Waals surface area contributed by atoms with Gasteiger partial charge in [0.15, 0.2) is 5.54 Å². The van der Waals surface area contributed by atoms with Crippen molar-refractivity contribution in [3.05, 3.63) is 84.5 Å². The van der Waals surface area contributed by atoms with Crippen molar-refractivity contribution in [1.82, 2.24) is 10.9 Å². The number of rotatable bonds is 12. The number of hydrazine groups is 1. The Bertz CT molecular complexity index is 941. The van der Waals surface area contributed by atoms with Crippen molar-refractivity contribution >= 4 is 17.9 Å². The molecule has 1 aliphatic rings. The number of amides is 1. The number of carbonyl (C=O) groups excluding carboxylic acids is 1. The van der Waals surface area contributed by atoms with Crippen LogP contribution in [0.4, 0.5) is 0 Å². The molecule has 1 aliphatic heterocycles. The molecule has 0 aromatic heterocycles. The van der Waals surface area contributed by atoms with Crippen LogP contribution in [0.25, 0.3) is 6.08 Å². The monoisotopic (exact) mass is 435 g/mol. The second kappa shape index (κ2) is 11.8. The minimum absolute atomic E-state index is 0.0905. The van der Waals surface area contributed by atoms with E-state index in [0.29, 0.717) is 37.6 Å². The number of hydrogen-bond donors (Lipinski definition) is 3. The zero-order valence-electron chi connectivity index (χ0n) is 18.0. The first-order valence-electron chi connectivity index (χ1n) is 10.6. The Morgan fingerprint density at radius 1 is 1.22 bits per heavy atom. The molecule has 0 fully saturated rings. The van der Waals surface area contributed by atoms with Crippen molar-refractivity contribution in [2.24, 2.45) is 4.99 Å². The Kier molecular flexibility index (Phi) is 8.60. The number of aliphatic hydroxyl groups is 1. The maximum Gasteiger partial charge on any atom is 0.266 e. The van der Waals surface area contributed by atoms with Gasteiger partial charge in [0.1, 0.15) is 12.4 Å². The zero-order valence-corrected chi connectivity index (χ0v) is 18.0. The molecular formula is C25H29N3O4. The number of nitrogens with one attached hydrogen (secondary N) is 2. The Balaban J connectivity index is 1.76. The molecule has 7 heteroatoms. The maximum absolute atomic E-state index is 13.0. The van der Waals surface area contributed by atoms with Gasteiger partial charge in [-0.2, -0.15) is 0 Å². The summed E-state index contributed by atoms with van der Waals surface area (Å²) >= 11 is 0. The predicted molar refractivity (Wildman–Crippen MR) is 125 cm³/mol. The van der Waals surface area contributed by atoms with E-state index in [9.17, 15) is 4.79 Å². The van der Waals surface area contributed by atoms with Crippen LogP contribution in [-0.4, -0.2) is 48.8 Å². The molecule has 0 bridgehead atoms. The molecule has 3 N–H and O–H groups in total. The van der Waals surface area contributed by atoms with Crippen molar-refractivity contribution in [2.45, 2.75) is 18.4 Å². The normalized spacial score (nSPS) is 17.6. The highest BCUT2D eigenvalue weighted by Crippen LogP contribution is 2.27. The molecule has 0 spiro atoms. The lowest BCUT2D eigenvalue weighted by Crippen LogP contribution is -2.51. The van der Waals surface area contributed by atoms with Crippen molar-refractivity contribution in [3.63, 3.8) is 0 Å². The lowest BCUT2D eigenvalue weighted by Gasteiger charge is -2.21. The smallest absolute Gasteiger partial charge is 0.266 e. The summed E-state index contributed by atoms with van der Waals surface area (Å²) in [5.41, 5.74) is 6.27. The largest absolute Gasteiger partial charge is 0.494 e. The maximum atomic E-state index is 13.0. The molecule has 1 atom stereocenters. The van der Waals surface area contributed by atoms with Gasteiger partial charge in [-0.1, -0.05) is 48.6 Å². The standard InChI is InChI=1S/C25H29N3O4/c1-2-16-26-28-24(30)25(15-6-10-20-8-4-3-5-9-20)19-32-23(27-25)21-11-13-22(14-12-21)31-18-7-17-29/h2-6,8-14,26,29H,1,7,15-19H2,(H,28,30)/b10-6+/t25-/m0/s1. The average molecular weight is 436 g/mol. The molecule has 0 radical (unpaired) electrons. The number of benzene rings is 2. The summed E-state index contributed by atoms with van der Waals surface area (Å²) in [6.07, 6.45) is 6.53. The Morgan fingerprint density at radius 2 is 2.00 bits per heavy atom. The van der Waals surface area contributed by atoms with Crippen LogP contribution >= 0.6 is 0 Å². The van der Waals surface area contributed by atoms with Crippen LogP contribution in [0.15, 0.2) is 78.3 Å². The molecule has 1 amide bonds. The Labute approximate surface area is 188 Å². The van der Waals surface area contributed by atoms with Crippen molar-refractivity contribution in [1.29, 1.82) is 0 Å². The van der Waals surface area contributed by atoms with Gasteiger partial charge in [0.2, 0.25) is 5.90 Å². The summed E-state index contributed by atoms with van der Waals surface area (Å²) < 4.78 is 11.4. The van der Waals surface area contributed by atoms with E-state index in [2.05, 4.69) is 17.4 Å². The number of ether oxygens (including phenoxy) is 2. The summed E-state index contributed by atoms with van der Waals surface area (Å²) in [6, 6.07) is 17.2. The van der Waals surface area contributed by atoms with Gasteiger partial charge >= 0.3 is 0 Å². The third kappa shape index (κ3) is 6.29. The second-order valence-electron chi connectivity index (χ2n) is 7.33. The molecule has 0 aliphatic carbocycles. The highest BCUT2D eigenvalue weighted by atomic mass is 16.5. The molecule has 1 heterocycles. The van der Waals surface area contributed by atoms with E-state index in [0.717, 1.165) is 11.1 Å². The van der Waals surface area contributed by atoms with Gasteiger partial charge in [-0.25, -0.2) is 10.4 Å². The fourth-order valence-electron chi connectivity index (χ4n) is 3.13. The summed E-state index contributed by atoms with van der Waals surface area (Å²) in [5.74, 6) is 0.846. The molecular weight excluding hydrogens is 406 g/mol. The van der Waals surface area contributed by atoms with E-state index >= 15 is 0 Å². The van der Waals surface area contributed by atoms with E-state index < -0.39 is 5.54 Å². The molecule has 3 rings (SSSR count). The molecule has 7 nitrogen and oxygen atoms in total. The predicted octanol–water partition coefficient (Wildman–Crippen LogP) is 2.87. The fourth-order valence-corrected chi connectivity index (χ4v) is 3.13. The van der Waals surface area contributed by atoms with E-state index in [4.69, 9.17) is 19.6 Å². The van der Waals surface area contributed by atoms with Crippen molar-refractivity contribution in [2.75, 3.05) is 26.4 Å². The van der Waals surface area contributed by atoms with Crippen LogP contribution in [0.1, 0.15) is 24.0 Å². The SMILES string of the molecule is C=CCNNC(=O)[C@]1(C/C=C/c2ccccc2)COC(c2ccc(OCCCO)cc2)=N1. The van der Waals surface area contributed by atoms with Crippen LogP contribution in [0, 0.1) is 0 Å². The lowest BCUT2D eigenvalue weighted by atomic mass is 9.95. The van der Waals surface area contributed by atoms with Gasteiger partial charge in [0, 0.05) is 31.6 Å².